The minimum absolute atomic E-state index is 0.0578. The van der Waals surface area contributed by atoms with Crippen LogP contribution in [0.4, 0.5) is 10.1 Å². The molecule has 1 amide bonds. The molecule has 0 aliphatic rings. The molecule has 2 rings (SSSR count). The Morgan fingerprint density at radius 3 is 2.50 bits per heavy atom. The highest BCUT2D eigenvalue weighted by Crippen LogP contribution is 2.12. The molecule has 22 heavy (non-hydrogen) atoms. The fourth-order valence-corrected chi connectivity index (χ4v) is 1.91. The van der Waals surface area contributed by atoms with Crippen LogP contribution >= 0.6 is 0 Å². The van der Waals surface area contributed by atoms with Gasteiger partial charge in [-0.1, -0.05) is 36.4 Å². The first-order valence-corrected chi connectivity index (χ1v) is 6.81. The molecule has 114 valence electrons. The molecule has 0 bridgehead atoms. The van der Waals surface area contributed by atoms with Gasteiger partial charge in [-0.2, -0.15) is 0 Å². The molecule has 0 saturated heterocycles. The fraction of sp³-hybridized carbons (Fsp3) is 0.176. The normalized spacial score (nSPS) is 10.1. The Balaban J connectivity index is 1.82. The molecule has 2 aromatic rings. The smallest absolute Gasteiger partial charge is 0.310 e. The molecule has 0 heterocycles. The van der Waals surface area contributed by atoms with Crippen LogP contribution in [0.25, 0.3) is 0 Å². The third-order valence-electron chi connectivity index (χ3n) is 3.11. The number of anilines is 1. The first-order valence-electron chi connectivity index (χ1n) is 6.81. The minimum atomic E-state index is -0.580. The molecular formula is C17H16FNO3. The lowest BCUT2D eigenvalue weighted by Crippen LogP contribution is -2.22. The number of carbonyl (C=O) groups is 2. The second-order valence-electron chi connectivity index (χ2n) is 4.79. The van der Waals surface area contributed by atoms with Crippen molar-refractivity contribution in [1.82, 2.24) is 0 Å². The van der Waals surface area contributed by atoms with Crippen LogP contribution in [0.5, 0.6) is 0 Å². The number of para-hydroxylation sites is 1. The van der Waals surface area contributed by atoms with E-state index in [1.54, 1.807) is 6.07 Å². The van der Waals surface area contributed by atoms with Crippen LogP contribution in [0, 0.1) is 12.7 Å². The zero-order valence-corrected chi connectivity index (χ0v) is 12.1. The van der Waals surface area contributed by atoms with E-state index in [9.17, 15) is 14.0 Å². The van der Waals surface area contributed by atoms with Crippen LogP contribution in [0.1, 0.15) is 11.1 Å². The van der Waals surface area contributed by atoms with E-state index in [1.807, 2.05) is 31.2 Å². The SMILES string of the molecule is Cc1ccccc1CC(=O)OCC(=O)Nc1ccccc1F. The number of nitrogens with one attached hydrogen (secondary N) is 1. The van der Waals surface area contributed by atoms with Gasteiger partial charge in [-0.15, -0.1) is 0 Å². The maximum atomic E-state index is 13.4. The quantitative estimate of drug-likeness (QED) is 0.864. The van der Waals surface area contributed by atoms with Gasteiger partial charge in [0, 0.05) is 0 Å². The molecule has 0 radical (unpaired) electrons. The Labute approximate surface area is 127 Å². The van der Waals surface area contributed by atoms with Crippen LogP contribution < -0.4 is 5.32 Å². The second kappa shape index (κ2) is 7.36. The number of ether oxygens (including phenoxy) is 1. The molecule has 5 heteroatoms. The van der Waals surface area contributed by atoms with Crippen molar-refractivity contribution in [1.29, 1.82) is 0 Å². The Bertz CT molecular complexity index is 626. The maximum absolute atomic E-state index is 13.4. The molecule has 0 atom stereocenters. The van der Waals surface area contributed by atoms with Crippen molar-refractivity contribution in [3.05, 3.63) is 65.5 Å². The number of hydrogen-bond acceptors (Lipinski definition) is 3. The van der Waals surface area contributed by atoms with Gasteiger partial charge in [0.05, 0.1) is 12.1 Å². The average Bonchev–Trinajstić information content (AvgIpc) is 2.50. The molecule has 0 unspecified atom stereocenters. The molecule has 0 fully saturated rings. The summed E-state index contributed by atoms with van der Waals surface area (Å²) in [5.41, 5.74) is 1.89. The zero-order chi connectivity index (χ0) is 15.9. The zero-order valence-electron chi connectivity index (χ0n) is 12.1. The monoisotopic (exact) mass is 301 g/mol. The van der Waals surface area contributed by atoms with Crippen LogP contribution in [0.2, 0.25) is 0 Å². The van der Waals surface area contributed by atoms with E-state index < -0.39 is 24.3 Å². The van der Waals surface area contributed by atoms with E-state index in [0.717, 1.165) is 11.1 Å². The summed E-state index contributed by atoms with van der Waals surface area (Å²) in [5, 5.41) is 2.35. The van der Waals surface area contributed by atoms with Crippen molar-refractivity contribution in [3.63, 3.8) is 0 Å². The summed E-state index contributed by atoms with van der Waals surface area (Å²) in [4.78, 5) is 23.3. The number of halogens is 1. The average molecular weight is 301 g/mol. The minimum Gasteiger partial charge on any atom is -0.455 e. The van der Waals surface area contributed by atoms with Crippen LogP contribution in [0.15, 0.2) is 48.5 Å². The van der Waals surface area contributed by atoms with Crippen molar-refractivity contribution >= 4 is 17.6 Å². The lowest BCUT2D eigenvalue weighted by Gasteiger charge is -2.08. The van der Waals surface area contributed by atoms with E-state index in [0.29, 0.717) is 0 Å². The number of rotatable bonds is 5. The number of aryl methyl sites for hydroxylation is 1. The van der Waals surface area contributed by atoms with Crippen molar-refractivity contribution in [3.8, 4) is 0 Å². The highest BCUT2D eigenvalue weighted by Gasteiger charge is 2.11. The van der Waals surface area contributed by atoms with Crippen molar-refractivity contribution in [2.24, 2.45) is 0 Å². The third-order valence-corrected chi connectivity index (χ3v) is 3.11. The van der Waals surface area contributed by atoms with Gasteiger partial charge in [-0.05, 0) is 30.2 Å². The molecule has 4 nitrogen and oxygen atoms in total. The van der Waals surface area contributed by atoms with Gasteiger partial charge in [-0.25, -0.2) is 4.39 Å². The fourth-order valence-electron chi connectivity index (χ4n) is 1.91. The lowest BCUT2D eigenvalue weighted by atomic mass is 10.1. The van der Waals surface area contributed by atoms with E-state index in [2.05, 4.69) is 5.32 Å². The van der Waals surface area contributed by atoms with Crippen molar-refractivity contribution < 1.29 is 18.7 Å². The van der Waals surface area contributed by atoms with Gasteiger partial charge in [0.25, 0.3) is 5.91 Å². The summed E-state index contributed by atoms with van der Waals surface area (Å²) in [6, 6.07) is 13.2. The van der Waals surface area contributed by atoms with Crippen molar-refractivity contribution in [2.75, 3.05) is 11.9 Å². The summed E-state index contributed by atoms with van der Waals surface area (Å²) < 4.78 is 18.3. The van der Waals surface area contributed by atoms with Gasteiger partial charge >= 0.3 is 5.97 Å². The third kappa shape index (κ3) is 4.41. The van der Waals surface area contributed by atoms with Crippen LogP contribution in [-0.4, -0.2) is 18.5 Å². The lowest BCUT2D eigenvalue weighted by molar-refractivity contribution is -0.146. The Kier molecular flexibility index (Phi) is 5.25. The number of carbonyl (C=O) groups excluding carboxylic acids is 2. The predicted octanol–water partition coefficient (Wildman–Crippen LogP) is 2.86. The Morgan fingerprint density at radius 1 is 1.09 bits per heavy atom. The molecule has 0 aliphatic heterocycles. The molecule has 0 spiro atoms. The molecule has 2 aromatic carbocycles. The summed E-state index contributed by atoms with van der Waals surface area (Å²) in [7, 11) is 0. The summed E-state index contributed by atoms with van der Waals surface area (Å²) in [6.45, 7) is 1.45. The van der Waals surface area contributed by atoms with E-state index in [4.69, 9.17) is 4.74 Å². The largest absolute Gasteiger partial charge is 0.455 e. The van der Waals surface area contributed by atoms with Gasteiger partial charge in [-0.3, -0.25) is 9.59 Å². The highest BCUT2D eigenvalue weighted by atomic mass is 19.1. The van der Waals surface area contributed by atoms with Crippen molar-refractivity contribution in [2.45, 2.75) is 13.3 Å². The maximum Gasteiger partial charge on any atom is 0.310 e. The molecule has 0 aromatic heterocycles. The Morgan fingerprint density at radius 2 is 1.77 bits per heavy atom. The first kappa shape index (κ1) is 15.7. The number of amides is 1. The number of benzene rings is 2. The second-order valence-corrected chi connectivity index (χ2v) is 4.79. The summed E-state index contributed by atoms with van der Waals surface area (Å²) in [6.07, 6.45) is 0.0969. The summed E-state index contributed by atoms with van der Waals surface area (Å²) in [5.74, 6) is -1.62. The summed E-state index contributed by atoms with van der Waals surface area (Å²) >= 11 is 0. The van der Waals surface area contributed by atoms with Gasteiger partial charge in [0.2, 0.25) is 0 Å². The molecular weight excluding hydrogens is 285 g/mol. The van der Waals surface area contributed by atoms with Gasteiger partial charge < -0.3 is 10.1 Å². The number of esters is 1. The topological polar surface area (TPSA) is 55.4 Å². The molecule has 1 N–H and O–H groups in total. The molecule has 0 saturated carbocycles. The first-order chi connectivity index (χ1) is 10.6. The highest BCUT2D eigenvalue weighted by molar-refractivity contribution is 5.93. The predicted molar refractivity (Wildman–Crippen MR) is 80.9 cm³/mol. The van der Waals surface area contributed by atoms with Crippen LogP contribution in [0.3, 0.4) is 0 Å². The number of hydrogen-bond donors (Lipinski definition) is 1. The van der Waals surface area contributed by atoms with E-state index >= 15 is 0 Å². The Hall–Kier alpha value is -2.69. The van der Waals surface area contributed by atoms with Gasteiger partial charge in [0.15, 0.2) is 6.61 Å². The molecule has 0 aliphatic carbocycles. The van der Waals surface area contributed by atoms with Gasteiger partial charge in [0.1, 0.15) is 5.82 Å². The standard InChI is InChI=1S/C17H16FNO3/c1-12-6-2-3-7-13(12)10-17(21)22-11-16(20)19-15-9-5-4-8-14(15)18/h2-9H,10-11H2,1H3,(H,19,20). The van der Waals surface area contributed by atoms with E-state index in [1.165, 1.54) is 18.2 Å². The van der Waals surface area contributed by atoms with Crippen LogP contribution in [-0.2, 0) is 20.7 Å². The van der Waals surface area contributed by atoms with E-state index in [-0.39, 0.29) is 12.1 Å².